The van der Waals surface area contributed by atoms with E-state index in [2.05, 4.69) is 0 Å². The van der Waals surface area contributed by atoms with E-state index in [-0.39, 0.29) is 24.1 Å². The van der Waals surface area contributed by atoms with Crippen molar-refractivity contribution in [1.29, 1.82) is 0 Å². The Labute approximate surface area is 89.9 Å². The molecule has 0 unspecified atom stereocenters. The van der Waals surface area contributed by atoms with Crippen molar-refractivity contribution < 1.29 is 19.0 Å². The zero-order valence-electron chi connectivity index (χ0n) is 9.49. The van der Waals surface area contributed by atoms with Gasteiger partial charge in [-0.2, -0.15) is 0 Å². The van der Waals surface area contributed by atoms with Crippen LogP contribution in [-0.2, 0) is 19.0 Å². The summed E-state index contributed by atoms with van der Waals surface area (Å²) in [6.45, 7) is 3.83. The number of fused-ring (bicyclic) bond motifs is 1. The van der Waals surface area contributed by atoms with Crippen molar-refractivity contribution in [2.45, 2.75) is 51.1 Å². The van der Waals surface area contributed by atoms with E-state index in [1.54, 1.807) is 0 Å². The molecule has 0 N–H and O–H groups in total. The van der Waals surface area contributed by atoms with Gasteiger partial charge in [0.15, 0.2) is 5.79 Å². The highest BCUT2D eigenvalue weighted by molar-refractivity contribution is 5.72. The van der Waals surface area contributed by atoms with Gasteiger partial charge in [-0.3, -0.25) is 4.79 Å². The molecule has 1 saturated heterocycles. The lowest BCUT2D eigenvalue weighted by Crippen LogP contribution is -2.34. The summed E-state index contributed by atoms with van der Waals surface area (Å²) in [7, 11) is 1.43. The molecule has 4 heteroatoms. The van der Waals surface area contributed by atoms with Crippen LogP contribution in [0.3, 0.4) is 0 Å². The molecule has 2 aliphatic rings. The third-order valence-corrected chi connectivity index (χ3v) is 3.14. The minimum atomic E-state index is -0.500. The Kier molecular flexibility index (Phi) is 2.73. The van der Waals surface area contributed by atoms with Crippen molar-refractivity contribution >= 4 is 5.97 Å². The fourth-order valence-corrected chi connectivity index (χ4v) is 2.50. The average molecular weight is 214 g/mol. The van der Waals surface area contributed by atoms with Gasteiger partial charge >= 0.3 is 5.97 Å². The van der Waals surface area contributed by atoms with Crippen LogP contribution >= 0.6 is 0 Å². The molecule has 1 aliphatic heterocycles. The predicted octanol–water partition coefficient (Wildman–Crippen LogP) is 1.48. The molecule has 4 nitrogen and oxygen atoms in total. The summed E-state index contributed by atoms with van der Waals surface area (Å²) < 4.78 is 16.2. The average Bonchev–Trinajstić information content (AvgIpc) is 2.49. The summed E-state index contributed by atoms with van der Waals surface area (Å²) >= 11 is 0. The number of methoxy groups -OCH3 is 1. The molecule has 0 bridgehead atoms. The van der Waals surface area contributed by atoms with Gasteiger partial charge in [-0.15, -0.1) is 0 Å². The second-order valence-corrected chi connectivity index (χ2v) is 4.75. The molecule has 0 aromatic carbocycles. The fourth-order valence-electron chi connectivity index (χ4n) is 2.50. The van der Waals surface area contributed by atoms with Gasteiger partial charge in [0, 0.05) is 0 Å². The fraction of sp³-hybridized carbons (Fsp3) is 0.909. The second kappa shape index (κ2) is 3.76. The molecule has 3 atom stereocenters. The Morgan fingerprint density at radius 2 is 1.93 bits per heavy atom. The normalized spacial score (nSPS) is 38.5. The molecule has 1 aliphatic carbocycles. The SMILES string of the molecule is COC(=O)[C@@H]1CC[C@@H]2OC(C)(C)O[C@@H]2C1. The zero-order valence-corrected chi connectivity index (χ0v) is 9.49. The van der Waals surface area contributed by atoms with Crippen LogP contribution in [0.2, 0.25) is 0 Å². The lowest BCUT2D eigenvalue weighted by atomic mass is 9.85. The third-order valence-electron chi connectivity index (χ3n) is 3.14. The Morgan fingerprint density at radius 1 is 1.27 bits per heavy atom. The summed E-state index contributed by atoms with van der Waals surface area (Å²) in [6.07, 6.45) is 2.65. The first kappa shape index (κ1) is 10.9. The summed E-state index contributed by atoms with van der Waals surface area (Å²) in [5, 5.41) is 0. The summed E-state index contributed by atoms with van der Waals surface area (Å²) in [4.78, 5) is 11.4. The van der Waals surface area contributed by atoms with Crippen molar-refractivity contribution in [3.63, 3.8) is 0 Å². The topological polar surface area (TPSA) is 44.8 Å². The lowest BCUT2D eigenvalue weighted by molar-refractivity contribution is -0.151. The minimum Gasteiger partial charge on any atom is -0.469 e. The molecule has 0 aromatic heterocycles. The number of esters is 1. The van der Waals surface area contributed by atoms with Crippen LogP contribution in [0.25, 0.3) is 0 Å². The molecule has 1 heterocycles. The number of rotatable bonds is 1. The second-order valence-electron chi connectivity index (χ2n) is 4.75. The molecule has 15 heavy (non-hydrogen) atoms. The first-order valence-electron chi connectivity index (χ1n) is 5.45. The molecule has 1 saturated carbocycles. The molecule has 86 valence electrons. The summed E-state index contributed by atoms with van der Waals surface area (Å²) in [5.74, 6) is -0.643. The highest BCUT2D eigenvalue weighted by Gasteiger charge is 2.45. The lowest BCUT2D eigenvalue weighted by Gasteiger charge is -2.27. The highest BCUT2D eigenvalue weighted by atomic mass is 16.7. The van der Waals surface area contributed by atoms with Crippen LogP contribution in [0.15, 0.2) is 0 Å². The van der Waals surface area contributed by atoms with Gasteiger partial charge in [0.1, 0.15) is 0 Å². The third kappa shape index (κ3) is 2.16. The number of hydrogen-bond acceptors (Lipinski definition) is 4. The van der Waals surface area contributed by atoms with Gasteiger partial charge in [0.25, 0.3) is 0 Å². The van der Waals surface area contributed by atoms with Crippen molar-refractivity contribution in [2.24, 2.45) is 5.92 Å². The first-order valence-corrected chi connectivity index (χ1v) is 5.45. The van der Waals surface area contributed by atoms with Gasteiger partial charge in [-0.05, 0) is 33.1 Å². The van der Waals surface area contributed by atoms with Crippen LogP contribution in [0, 0.1) is 5.92 Å². The number of carbonyl (C=O) groups excluding carboxylic acids is 1. The van der Waals surface area contributed by atoms with E-state index in [1.165, 1.54) is 7.11 Å². The van der Waals surface area contributed by atoms with Crippen molar-refractivity contribution in [3.8, 4) is 0 Å². The predicted molar refractivity (Wildman–Crippen MR) is 53.2 cm³/mol. The van der Waals surface area contributed by atoms with Gasteiger partial charge in [0.2, 0.25) is 0 Å². The van der Waals surface area contributed by atoms with E-state index < -0.39 is 5.79 Å². The van der Waals surface area contributed by atoms with E-state index in [1.807, 2.05) is 13.8 Å². The highest BCUT2D eigenvalue weighted by Crippen LogP contribution is 2.39. The van der Waals surface area contributed by atoms with Gasteiger partial charge in [-0.1, -0.05) is 0 Å². The van der Waals surface area contributed by atoms with Crippen LogP contribution < -0.4 is 0 Å². The van der Waals surface area contributed by atoms with E-state index in [0.29, 0.717) is 0 Å². The Morgan fingerprint density at radius 3 is 2.60 bits per heavy atom. The Hall–Kier alpha value is -0.610. The maximum atomic E-state index is 11.4. The van der Waals surface area contributed by atoms with Crippen LogP contribution in [0.5, 0.6) is 0 Å². The van der Waals surface area contributed by atoms with Crippen molar-refractivity contribution in [3.05, 3.63) is 0 Å². The molecule has 2 fully saturated rings. The van der Waals surface area contributed by atoms with Gasteiger partial charge in [0.05, 0.1) is 25.2 Å². The Bertz CT molecular complexity index is 261. The standard InChI is InChI=1S/C11H18O4/c1-11(2)14-8-5-4-7(10(12)13-3)6-9(8)15-11/h7-9H,4-6H2,1-3H3/t7-,8+,9-/m1/s1. The van der Waals surface area contributed by atoms with Gasteiger partial charge in [-0.25, -0.2) is 0 Å². The molecular weight excluding hydrogens is 196 g/mol. The first-order chi connectivity index (χ1) is 7.02. The van der Waals surface area contributed by atoms with E-state index >= 15 is 0 Å². The molecule has 2 rings (SSSR count). The van der Waals surface area contributed by atoms with E-state index in [9.17, 15) is 4.79 Å². The smallest absolute Gasteiger partial charge is 0.308 e. The van der Waals surface area contributed by atoms with Crippen LogP contribution in [-0.4, -0.2) is 31.1 Å². The molecular formula is C11H18O4. The monoisotopic (exact) mass is 214 g/mol. The van der Waals surface area contributed by atoms with Crippen molar-refractivity contribution in [1.82, 2.24) is 0 Å². The molecule has 0 spiro atoms. The molecule has 0 amide bonds. The zero-order chi connectivity index (χ0) is 11.1. The van der Waals surface area contributed by atoms with E-state index in [4.69, 9.17) is 14.2 Å². The quantitative estimate of drug-likeness (QED) is 0.620. The Balaban J connectivity index is 1.98. The summed E-state index contributed by atoms with van der Waals surface area (Å²) in [5.41, 5.74) is 0. The van der Waals surface area contributed by atoms with Crippen LogP contribution in [0.1, 0.15) is 33.1 Å². The molecule has 0 aromatic rings. The number of hydrogen-bond donors (Lipinski definition) is 0. The van der Waals surface area contributed by atoms with Crippen molar-refractivity contribution in [2.75, 3.05) is 7.11 Å². The molecule has 0 radical (unpaired) electrons. The van der Waals surface area contributed by atoms with E-state index in [0.717, 1.165) is 19.3 Å². The number of carbonyl (C=O) groups is 1. The van der Waals surface area contributed by atoms with Crippen LogP contribution in [0.4, 0.5) is 0 Å². The summed E-state index contributed by atoms with van der Waals surface area (Å²) in [6, 6.07) is 0. The maximum absolute atomic E-state index is 11.4. The largest absolute Gasteiger partial charge is 0.469 e. The minimum absolute atomic E-state index is 0.0197. The number of ether oxygens (including phenoxy) is 3. The maximum Gasteiger partial charge on any atom is 0.308 e. The van der Waals surface area contributed by atoms with Gasteiger partial charge < -0.3 is 14.2 Å².